The number of ketones is 1. The van der Waals surface area contributed by atoms with Crippen molar-refractivity contribution in [3.63, 3.8) is 0 Å². The summed E-state index contributed by atoms with van der Waals surface area (Å²) >= 11 is 0. The van der Waals surface area contributed by atoms with E-state index in [1.807, 2.05) is 12.1 Å². The van der Waals surface area contributed by atoms with E-state index in [1.54, 1.807) is 6.92 Å². The smallest absolute Gasteiger partial charge is 0.210 e. The standard InChI is InChI=1S/C16H18N2O.C3H8/c1-5-13(11(4)17)16(19)15-8-12-6-9(2)10(3)7-14(12)18-15;1-3-2/h5-8,18H,1,17H2,2-4H3;3H2,1-2H3/b13-11+;. The fourth-order valence-electron chi connectivity index (χ4n) is 2.10. The Labute approximate surface area is 132 Å². The lowest BCUT2D eigenvalue weighted by molar-refractivity contribution is 0.103. The first-order valence-corrected chi connectivity index (χ1v) is 7.59. The lowest BCUT2D eigenvalue weighted by Crippen LogP contribution is -2.08. The number of hydrogen-bond donors (Lipinski definition) is 2. The summed E-state index contributed by atoms with van der Waals surface area (Å²) in [6.45, 7) is 13.7. The lowest BCUT2D eigenvalue weighted by Gasteiger charge is -2.01. The zero-order valence-corrected chi connectivity index (χ0v) is 14.2. The number of benzene rings is 1. The van der Waals surface area contributed by atoms with Crippen molar-refractivity contribution in [3.05, 3.63) is 58.9 Å². The monoisotopic (exact) mass is 298 g/mol. The number of aromatic amines is 1. The summed E-state index contributed by atoms with van der Waals surface area (Å²) in [7, 11) is 0. The minimum atomic E-state index is -0.124. The van der Waals surface area contributed by atoms with Gasteiger partial charge in [-0.3, -0.25) is 4.79 Å². The molecular weight excluding hydrogens is 272 g/mol. The molecule has 1 aromatic carbocycles. The van der Waals surface area contributed by atoms with Crippen LogP contribution >= 0.6 is 0 Å². The van der Waals surface area contributed by atoms with Gasteiger partial charge in [0, 0.05) is 22.2 Å². The molecule has 22 heavy (non-hydrogen) atoms. The molecule has 0 spiro atoms. The number of allylic oxidation sites excluding steroid dienone is 3. The number of fused-ring (bicyclic) bond motifs is 1. The molecule has 0 radical (unpaired) electrons. The largest absolute Gasteiger partial charge is 0.402 e. The van der Waals surface area contributed by atoms with Gasteiger partial charge in [0.25, 0.3) is 0 Å². The number of aryl methyl sites for hydroxylation is 2. The molecule has 0 saturated carbocycles. The number of carbonyl (C=O) groups excluding carboxylic acids is 1. The maximum Gasteiger partial charge on any atom is 0.210 e. The Bertz CT molecular complexity index is 677. The van der Waals surface area contributed by atoms with Crippen molar-refractivity contribution in [3.8, 4) is 0 Å². The summed E-state index contributed by atoms with van der Waals surface area (Å²) in [6, 6.07) is 5.98. The van der Waals surface area contributed by atoms with Gasteiger partial charge < -0.3 is 10.7 Å². The van der Waals surface area contributed by atoms with Crippen molar-refractivity contribution < 1.29 is 4.79 Å². The molecule has 0 amide bonds. The van der Waals surface area contributed by atoms with Gasteiger partial charge in [0.15, 0.2) is 0 Å². The van der Waals surface area contributed by atoms with Gasteiger partial charge in [-0.1, -0.05) is 32.9 Å². The topological polar surface area (TPSA) is 58.9 Å². The second kappa shape index (κ2) is 7.64. The second-order valence-electron chi connectivity index (χ2n) is 5.54. The fourth-order valence-corrected chi connectivity index (χ4v) is 2.10. The Hall–Kier alpha value is -2.29. The zero-order valence-electron chi connectivity index (χ0n) is 14.2. The van der Waals surface area contributed by atoms with Crippen LogP contribution in [0.2, 0.25) is 0 Å². The summed E-state index contributed by atoms with van der Waals surface area (Å²) < 4.78 is 0. The summed E-state index contributed by atoms with van der Waals surface area (Å²) in [6.07, 6.45) is 2.75. The van der Waals surface area contributed by atoms with Gasteiger partial charge in [-0.2, -0.15) is 0 Å². The van der Waals surface area contributed by atoms with E-state index >= 15 is 0 Å². The Kier molecular flexibility index (Phi) is 6.17. The highest BCUT2D eigenvalue weighted by Gasteiger charge is 2.14. The molecule has 2 rings (SSSR count). The Morgan fingerprint density at radius 2 is 1.77 bits per heavy atom. The third kappa shape index (κ3) is 3.88. The predicted molar refractivity (Wildman–Crippen MR) is 95.2 cm³/mol. The van der Waals surface area contributed by atoms with Crippen molar-refractivity contribution in [1.82, 2.24) is 4.98 Å². The normalized spacial score (nSPS) is 11.5. The third-order valence-electron chi connectivity index (χ3n) is 3.35. The highest BCUT2D eigenvalue weighted by atomic mass is 16.1. The molecule has 3 heteroatoms. The molecular formula is C19H26N2O. The van der Waals surface area contributed by atoms with E-state index in [9.17, 15) is 4.79 Å². The maximum atomic E-state index is 12.3. The van der Waals surface area contributed by atoms with Crippen LogP contribution in [0, 0.1) is 13.8 Å². The number of H-pyrrole nitrogens is 1. The van der Waals surface area contributed by atoms with E-state index in [0.29, 0.717) is 17.0 Å². The molecule has 0 aliphatic heterocycles. The Morgan fingerprint density at radius 1 is 1.23 bits per heavy atom. The van der Waals surface area contributed by atoms with Crippen LogP contribution in [0.1, 0.15) is 48.8 Å². The van der Waals surface area contributed by atoms with Crippen molar-refractivity contribution in [2.24, 2.45) is 5.73 Å². The van der Waals surface area contributed by atoms with E-state index < -0.39 is 0 Å². The Morgan fingerprint density at radius 3 is 2.27 bits per heavy atom. The molecule has 1 aromatic heterocycles. The number of hydrogen-bond acceptors (Lipinski definition) is 2. The molecule has 0 aliphatic carbocycles. The van der Waals surface area contributed by atoms with Crippen LogP contribution < -0.4 is 5.73 Å². The predicted octanol–water partition coefficient (Wildman–Crippen LogP) is 4.80. The van der Waals surface area contributed by atoms with Crippen LogP contribution in [0.15, 0.2) is 42.1 Å². The number of rotatable bonds is 3. The molecule has 2 aromatic rings. The quantitative estimate of drug-likeness (QED) is 0.485. The minimum absolute atomic E-state index is 0.124. The first-order valence-electron chi connectivity index (χ1n) is 7.59. The van der Waals surface area contributed by atoms with Gasteiger partial charge >= 0.3 is 0 Å². The van der Waals surface area contributed by atoms with Crippen LogP contribution in [0.5, 0.6) is 0 Å². The molecule has 118 valence electrons. The van der Waals surface area contributed by atoms with Gasteiger partial charge in [0.2, 0.25) is 5.78 Å². The molecule has 0 unspecified atom stereocenters. The summed E-state index contributed by atoms with van der Waals surface area (Å²) in [5, 5.41) is 1.03. The maximum absolute atomic E-state index is 12.3. The summed E-state index contributed by atoms with van der Waals surface area (Å²) in [5.41, 5.74) is 10.5. The van der Waals surface area contributed by atoms with Crippen molar-refractivity contribution in [1.29, 1.82) is 0 Å². The molecule has 0 saturated heterocycles. The fraction of sp³-hybridized carbons (Fsp3) is 0.316. The molecule has 3 N–H and O–H groups in total. The lowest BCUT2D eigenvalue weighted by atomic mass is 10.1. The van der Waals surface area contributed by atoms with Gasteiger partial charge in [0.05, 0.1) is 5.69 Å². The van der Waals surface area contributed by atoms with Crippen molar-refractivity contribution in [2.45, 2.75) is 41.0 Å². The van der Waals surface area contributed by atoms with Crippen LogP contribution in [0.25, 0.3) is 10.9 Å². The van der Waals surface area contributed by atoms with E-state index in [4.69, 9.17) is 5.73 Å². The molecule has 0 aliphatic rings. The molecule has 0 atom stereocenters. The zero-order chi connectivity index (χ0) is 16.9. The van der Waals surface area contributed by atoms with Crippen LogP contribution in [0.4, 0.5) is 0 Å². The SMILES string of the molecule is C=C/C(C(=O)c1cc2cc(C)c(C)cc2[nH]1)=C(/C)N.CCC. The highest BCUT2D eigenvalue weighted by molar-refractivity contribution is 6.11. The van der Waals surface area contributed by atoms with Gasteiger partial charge in [-0.25, -0.2) is 0 Å². The number of aromatic nitrogens is 1. The number of nitrogens with two attached hydrogens (primary N) is 1. The van der Waals surface area contributed by atoms with Crippen LogP contribution in [0.3, 0.4) is 0 Å². The third-order valence-corrected chi connectivity index (χ3v) is 3.35. The summed E-state index contributed by atoms with van der Waals surface area (Å²) in [4.78, 5) is 15.5. The number of carbonyl (C=O) groups is 1. The second-order valence-corrected chi connectivity index (χ2v) is 5.54. The van der Waals surface area contributed by atoms with E-state index in [0.717, 1.165) is 10.9 Å². The van der Waals surface area contributed by atoms with E-state index in [1.165, 1.54) is 23.6 Å². The highest BCUT2D eigenvalue weighted by Crippen LogP contribution is 2.22. The van der Waals surface area contributed by atoms with E-state index in [2.05, 4.69) is 45.3 Å². The average molecular weight is 298 g/mol. The first kappa shape index (κ1) is 17.8. The molecule has 3 nitrogen and oxygen atoms in total. The van der Waals surface area contributed by atoms with Gasteiger partial charge in [0.1, 0.15) is 0 Å². The van der Waals surface area contributed by atoms with E-state index in [-0.39, 0.29) is 5.78 Å². The van der Waals surface area contributed by atoms with Gasteiger partial charge in [-0.15, -0.1) is 0 Å². The molecule has 0 fully saturated rings. The summed E-state index contributed by atoms with van der Waals surface area (Å²) in [5.74, 6) is -0.124. The van der Waals surface area contributed by atoms with Crippen molar-refractivity contribution in [2.75, 3.05) is 0 Å². The Balaban J connectivity index is 0.000000745. The van der Waals surface area contributed by atoms with Crippen LogP contribution in [-0.4, -0.2) is 10.8 Å². The number of Topliss-reactive ketones (excluding diaryl/α,β-unsaturated/α-hetero) is 1. The average Bonchev–Trinajstić information content (AvgIpc) is 2.83. The van der Waals surface area contributed by atoms with Gasteiger partial charge in [-0.05, 0) is 50.1 Å². The van der Waals surface area contributed by atoms with Crippen LogP contribution in [-0.2, 0) is 0 Å². The minimum Gasteiger partial charge on any atom is -0.402 e. The molecule has 1 heterocycles. The van der Waals surface area contributed by atoms with Crippen molar-refractivity contribution >= 4 is 16.7 Å². The number of nitrogens with one attached hydrogen (secondary N) is 1. The first-order chi connectivity index (χ1) is 10.3. The molecule has 0 bridgehead atoms.